The van der Waals surface area contributed by atoms with Gasteiger partial charge in [0.2, 0.25) is 0 Å². The highest BCUT2D eigenvalue weighted by atomic mass is 32.3. The molecule has 0 saturated heterocycles. The van der Waals surface area contributed by atoms with E-state index in [9.17, 15) is 0 Å². The van der Waals surface area contributed by atoms with Gasteiger partial charge in [-0.1, -0.05) is 0 Å². The molecule has 0 amide bonds. The van der Waals surface area contributed by atoms with Crippen molar-refractivity contribution in [3.05, 3.63) is 18.2 Å². The summed E-state index contributed by atoms with van der Waals surface area (Å²) in [6, 6.07) is 3.42. The van der Waals surface area contributed by atoms with Crippen LogP contribution in [0.5, 0.6) is 17.2 Å². The Kier molecular flexibility index (Phi) is 4.15. The molecule has 0 aromatic heterocycles. The van der Waals surface area contributed by atoms with Crippen LogP contribution in [0.25, 0.3) is 0 Å². The minimum atomic E-state index is -4.67. The first kappa shape index (κ1) is 12.5. The van der Waals surface area contributed by atoms with Gasteiger partial charge in [0.25, 0.3) is 0 Å². The van der Waals surface area contributed by atoms with Gasteiger partial charge in [-0.3, -0.25) is 9.11 Å². The maximum absolute atomic E-state index is 8.74. The molecule has 80 valence electrons. The molecule has 14 heavy (non-hydrogen) atoms. The van der Waals surface area contributed by atoms with Crippen LogP contribution in [0, 0.1) is 0 Å². The molecule has 1 aromatic carbocycles. The molecule has 0 saturated carbocycles. The Morgan fingerprint density at radius 2 is 0.929 bits per heavy atom. The van der Waals surface area contributed by atoms with Gasteiger partial charge in [0.05, 0.1) is 0 Å². The van der Waals surface area contributed by atoms with Crippen LogP contribution in [-0.2, 0) is 10.4 Å². The summed E-state index contributed by atoms with van der Waals surface area (Å²) in [6.45, 7) is 0. The van der Waals surface area contributed by atoms with E-state index in [2.05, 4.69) is 0 Å². The third kappa shape index (κ3) is 8.59. The molecule has 0 fully saturated rings. The van der Waals surface area contributed by atoms with E-state index in [1.807, 2.05) is 0 Å². The molecule has 1 aromatic rings. The molecule has 0 unspecified atom stereocenters. The zero-order valence-electron chi connectivity index (χ0n) is 6.69. The van der Waals surface area contributed by atoms with Crippen LogP contribution in [0.2, 0.25) is 0 Å². The van der Waals surface area contributed by atoms with Crippen LogP contribution in [-0.4, -0.2) is 32.8 Å². The second-order valence-electron chi connectivity index (χ2n) is 2.16. The molecular formula is C6H8O7S. The summed E-state index contributed by atoms with van der Waals surface area (Å²) in [5, 5.41) is 26.0. The first-order valence-electron chi connectivity index (χ1n) is 3.10. The first-order valence-corrected chi connectivity index (χ1v) is 4.50. The van der Waals surface area contributed by atoms with Crippen molar-refractivity contribution < 1.29 is 32.8 Å². The number of benzene rings is 1. The number of aromatic hydroxyl groups is 3. The third-order valence-electron chi connectivity index (χ3n) is 0.887. The van der Waals surface area contributed by atoms with Crippen molar-refractivity contribution in [3.8, 4) is 17.2 Å². The molecule has 1 rings (SSSR count). The predicted octanol–water partition coefficient (Wildman–Crippen LogP) is 0.151. The second kappa shape index (κ2) is 4.65. The number of hydrogen-bond donors (Lipinski definition) is 5. The molecule has 5 N–H and O–H groups in total. The Morgan fingerprint density at radius 1 is 0.786 bits per heavy atom. The molecule has 0 aliphatic carbocycles. The van der Waals surface area contributed by atoms with Gasteiger partial charge in [0, 0.05) is 18.2 Å². The fraction of sp³-hybridized carbons (Fsp3) is 0. The lowest BCUT2D eigenvalue weighted by Crippen LogP contribution is -1.89. The molecule has 0 bridgehead atoms. The van der Waals surface area contributed by atoms with E-state index in [0.29, 0.717) is 0 Å². The van der Waals surface area contributed by atoms with E-state index in [1.54, 1.807) is 0 Å². The highest BCUT2D eigenvalue weighted by Crippen LogP contribution is 2.23. The van der Waals surface area contributed by atoms with Gasteiger partial charge in [-0.15, -0.1) is 0 Å². The standard InChI is InChI=1S/C6H6O3.H2O4S/c7-4-1-5(8)3-6(9)2-4;1-5(2,3)4/h1-3,7-9H;(H2,1,2,3,4). The lowest BCUT2D eigenvalue weighted by Gasteiger charge is -1.94. The summed E-state index contributed by atoms with van der Waals surface area (Å²) >= 11 is 0. The van der Waals surface area contributed by atoms with Gasteiger partial charge in [-0.05, 0) is 0 Å². The number of phenolic OH excluding ortho intramolecular Hbond substituents is 3. The Hall–Kier alpha value is -1.51. The highest BCUT2D eigenvalue weighted by Gasteiger charge is 1.94. The number of phenols is 3. The van der Waals surface area contributed by atoms with Crippen LogP contribution in [0.15, 0.2) is 18.2 Å². The normalized spacial score (nSPS) is 10.1. The van der Waals surface area contributed by atoms with Crippen molar-refractivity contribution in [2.24, 2.45) is 0 Å². The smallest absolute Gasteiger partial charge is 0.394 e. The molecule has 7 nitrogen and oxygen atoms in total. The SMILES string of the molecule is O=S(=O)(O)O.Oc1cc(O)cc(O)c1. The minimum absolute atomic E-state index is 0.146. The van der Waals surface area contributed by atoms with Crippen LogP contribution < -0.4 is 0 Å². The molecular weight excluding hydrogens is 216 g/mol. The summed E-state index contributed by atoms with van der Waals surface area (Å²) < 4.78 is 31.6. The van der Waals surface area contributed by atoms with Crippen LogP contribution in [0.1, 0.15) is 0 Å². The quantitative estimate of drug-likeness (QED) is 0.396. The second-order valence-corrected chi connectivity index (χ2v) is 3.05. The highest BCUT2D eigenvalue weighted by molar-refractivity contribution is 7.79. The van der Waals surface area contributed by atoms with E-state index in [-0.39, 0.29) is 17.2 Å². The Morgan fingerprint density at radius 3 is 1.07 bits per heavy atom. The Balaban J connectivity index is 0.000000292. The lowest BCUT2D eigenvalue weighted by molar-refractivity contribution is 0.380. The van der Waals surface area contributed by atoms with E-state index >= 15 is 0 Å². The van der Waals surface area contributed by atoms with Crippen molar-refractivity contribution >= 4 is 10.4 Å². The van der Waals surface area contributed by atoms with Crippen LogP contribution in [0.3, 0.4) is 0 Å². The zero-order chi connectivity index (χ0) is 11.4. The van der Waals surface area contributed by atoms with Crippen molar-refractivity contribution in [3.63, 3.8) is 0 Å². The molecule has 0 spiro atoms. The van der Waals surface area contributed by atoms with Gasteiger partial charge in [-0.2, -0.15) is 8.42 Å². The van der Waals surface area contributed by atoms with Crippen molar-refractivity contribution in [1.29, 1.82) is 0 Å². The predicted molar refractivity (Wildman–Crippen MR) is 45.6 cm³/mol. The topological polar surface area (TPSA) is 135 Å². The number of rotatable bonds is 0. The maximum atomic E-state index is 8.74. The summed E-state index contributed by atoms with van der Waals surface area (Å²) in [5.41, 5.74) is 0. The van der Waals surface area contributed by atoms with Crippen molar-refractivity contribution in [1.82, 2.24) is 0 Å². The van der Waals surface area contributed by atoms with E-state index in [4.69, 9.17) is 32.8 Å². The van der Waals surface area contributed by atoms with Gasteiger partial charge >= 0.3 is 10.4 Å². The van der Waals surface area contributed by atoms with Crippen molar-refractivity contribution in [2.75, 3.05) is 0 Å². The average Bonchev–Trinajstić information content (AvgIpc) is 1.77. The summed E-state index contributed by atoms with van der Waals surface area (Å²) in [5.74, 6) is -0.437. The fourth-order valence-electron chi connectivity index (χ4n) is 0.580. The van der Waals surface area contributed by atoms with Gasteiger partial charge in [-0.25, -0.2) is 0 Å². The Labute approximate surface area is 79.5 Å². The number of hydrogen-bond acceptors (Lipinski definition) is 5. The molecule has 0 aliphatic heterocycles. The van der Waals surface area contributed by atoms with Crippen LogP contribution in [0.4, 0.5) is 0 Å². The maximum Gasteiger partial charge on any atom is 0.394 e. The fourth-order valence-corrected chi connectivity index (χ4v) is 0.580. The third-order valence-corrected chi connectivity index (χ3v) is 0.887. The molecule has 8 heteroatoms. The lowest BCUT2D eigenvalue weighted by atomic mass is 10.3. The van der Waals surface area contributed by atoms with E-state index in [1.165, 1.54) is 0 Å². The minimum Gasteiger partial charge on any atom is -0.508 e. The molecule has 0 heterocycles. The van der Waals surface area contributed by atoms with Gasteiger partial charge < -0.3 is 15.3 Å². The molecule has 0 aliphatic rings. The monoisotopic (exact) mass is 224 g/mol. The molecule has 0 radical (unpaired) electrons. The Bertz CT molecular complexity index is 338. The van der Waals surface area contributed by atoms with Crippen LogP contribution >= 0.6 is 0 Å². The van der Waals surface area contributed by atoms with E-state index in [0.717, 1.165) is 18.2 Å². The zero-order valence-corrected chi connectivity index (χ0v) is 7.51. The summed E-state index contributed by atoms with van der Waals surface area (Å²) in [7, 11) is -4.67. The summed E-state index contributed by atoms with van der Waals surface area (Å²) in [4.78, 5) is 0. The van der Waals surface area contributed by atoms with Gasteiger partial charge in [0.1, 0.15) is 17.2 Å². The summed E-state index contributed by atoms with van der Waals surface area (Å²) in [6.07, 6.45) is 0. The largest absolute Gasteiger partial charge is 0.508 e. The average molecular weight is 224 g/mol. The molecule has 0 atom stereocenters. The van der Waals surface area contributed by atoms with Crippen molar-refractivity contribution in [2.45, 2.75) is 0 Å². The van der Waals surface area contributed by atoms with Gasteiger partial charge in [0.15, 0.2) is 0 Å². The van der Waals surface area contributed by atoms with E-state index < -0.39 is 10.4 Å². The first-order chi connectivity index (χ1) is 6.18.